The first-order valence-corrected chi connectivity index (χ1v) is 5.26. The highest BCUT2D eigenvalue weighted by atomic mass is 16.3. The van der Waals surface area contributed by atoms with Crippen molar-refractivity contribution in [1.82, 2.24) is 5.32 Å². The fraction of sp³-hybridized carbons (Fsp3) is 1.00. The number of hydrogen-bond donors (Lipinski definition) is 2. The van der Waals surface area contributed by atoms with Crippen molar-refractivity contribution < 1.29 is 5.11 Å². The molecule has 2 heteroatoms. The summed E-state index contributed by atoms with van der Waals surface area (Å²) in [6.07, 6.45) is 6.58. The molecule has 2 N–H and O–H groups in total. The molecule has 0 aromatic heterocycles. The van der Waals surface area contributed by atoms with Crippen molar-refractivity contribution in [3.8, 4) is 0 Å². The van der Waals surface area contributed by atoms with Gasteiger partial charge in [-0.3, -0.25) is 0 Å². The van der Waals surface area contributed by atoms with Crippen LogP contribution in [0.2, 0.25) is 0 Å². The standard InChI is InChI=1S/C10H19NO/c12-6-5-8-7-11-10-4-2-1-3-9(8)10/h8-12H,1-7H2/t8-,9+,10-/m1/s1. The molecule has 0 spiro atoms. The molecule has 1 heterocycles. The van der Waals surface area contributed by atoms with Crippen LogP contribution in [0.5, 0.6) is 0 Å². The molecule has 2 rings (SSSR count). The minimum Gasteiger partial charge on any atom is -0.396 e. The van der Waals surface area contributed by atoms with Gasteiger partial charge < -0.3 is 10.4 Å². The first-order chi connectivity index (χ1) is 5.92. The lowest BCUT2D eigenvalue weighted by molar-refractivity contribution is 0.213. The van der Waals surface area contributed by atoms with Crippen LogP contribution in [0.25, 0.3) is 0 Å². The molecule has 1 aliphatic heterocycles. The lowest BCUT2D eigenvalue weighted by Gasteiger charge is -2.28. The van der Waals surface area contributed by atoms with Crippen molar-refractivity contribution in [2.45, 2.75) is 38.1 Å². The van der Waals surface area contributed by atoms with Crippen LogP contribution in [0, 0.1) is 11.8 Å². The maximum absolute atomic E-state index is 8.89. The van der Waals surface area contributed by atoms with Gasteiger partial charge in [-0.25, -0.2) is 0 Å². The molecule has 2 fully saturated rings. The molecule has 70 valence electrons. The van der Waals surface area contributed by atoms with E-state index in [1.165, 1.54) is 25.7 Å². The van der Waals surface area contributed by atoms with E-state index in [1.54, 1.807) is 0 Å². The molecule has 3 atom stereocenters. The van der Waals surface area contributed by atoms with Crippen LogP contribution in [0.4, 0.5) is 0 Å². The van der Waals surface area contributed by atoms with E-state index in [9.17, 15) is 0 Å². The predicted molar refractivity (Wildman–Crippen MR) is 48.9 cm³/mol. The van der Waals surface area contributed by atoms with E-state index in [0.717, 1.165) is 30.8 Å². The molecule has 0 radical (unpaired) electrons. The van der Waals surface area contributed by atoms with E-state index in [-0.39, 0.29) is 0 Å². The van der Waals surface area contributed by atoms with Crippen LogP contribution in [0.3, 0.4) is 0 Å². The van der Waals surface area contributed by atoms with Crippen molar-refractivity contribution >= 4 is 0 Å². The zero-order valence-corrected chi connectivity index (χ0v) is 7.63. The summed E-state index contributed by atoms with van der Waals surface area (Å²) >= 11 is 0. The van der Waals surface area contributed by atoms with Crippen molar-refractivity contribution in [1.29, 1.82) is 0 Å². The molecular weight excluding hydrogens is 150 g/mol. The summed E-state index contributed by atoms with van der Waals surface area (Å²) in [6, 6.07) is 0.787. The van der Waals surface area contributed by atoms with Crippen LogP contribution in [0.1, 0.15) is 32.1 Å². The third kappa shape index (κ3) is 1.50. The average Bonchev–Trinajstić information content (AvgIpc) is 2.50. The van der Waals surface area contributed by atoms with Crippen LogP contribution in [-0.2, 0) is 0 Å². The van der Waals surface area contributed by atoms with Crippen LogP contribution in [0.15, 0.2) is 0 Å². The van der Waals surface area contributed by atoms with Gasteiger partial charge in [0.05, 0.1) is 0 Å². The Bertz CT molecular complexity index is 149. The molecule has 0 amide bonds. The van der Waals surface area contributed by atoms with Crippen LogP contribution >= 0.6 is 0 Å². The highest BCUT2D eigenvalue weighted by Crippen LogP contribution is 2.35. The Balaban J connectivity index is 1.92. The Morgan fingerprint density at radius 2 is 2.08 bits per heavy atom. The van der Waals surface area contributed by atoms with Gasteiger partial charge in [0.1, 0.15) is 0 Å². The van der Waals surface area contributed by atoms with Gasteiger partial charge in [0.25, 0.3) is 0 Å². The van der Waals surface area contributed by atoms with Crippen molar-refractivity contribution in [3.63, 3.8) is 0 Å². The third-order valence-corrected chi connectivity index (χ3v) is 3.57. The van der Waals surface area contributed by atoms with E-state index in [2.05, 4.69) is 5.32 Å². The van der Waals surface area contributed by atoms with E-state index in [0.29, 0.717) is 6.61 Å². The van der Waals surface area contributed by atoms with Crippen LogP contribution in [-0.4, -0.2) is 24.3 Å². The minimum atomic E-state index is 0.371. The van der Waals surface area contributed by atoms with E-state index >= 15 is 0 Å². The normalized spacial score (nSPS) is 41.2. The van der Waals surface area contributed by atoms with Crippen molar-refractivity contribution in [3.05, 3.63) is 0 Å². The maximum atomic E-state index is 8.89. The first kappa shape index (κ1) is 8.52. The summed E-state index contributed by atoms with van der Waals surface area (Å²) in [5.41, 5.74) is 0. The molecule has 1 saturated carbocycles. The molecule has 12 heavy (non-hydrogen) atoms. The summed E-state index contributed by atoms with van der Waals surface area (Å²) in [5.74, 6) is 1.64. The summed E-state index contributed by atoms with van der Waals surface area (Å²) in [4.78, 5) is 0. The van der Waals surface area contributed by atoms with Crippen LogP contribution < -0.4 is 5.32 Å². The van der Waals surface area contributed by atoms with E-state index in [1.807, 2.05) is 0 Å². The Labute approximate surface area is 74.4 Å². The largest absolute Gasteiger partial charge is 0.396 e. The second kappa shape index (κ2) is 3.75. The van der Waals surface area contributed by atoms with E-state index < -0.39 is 0 Å². The lowest BCUT2D eigenvalue weighted by atomic mass is 9.79. The molecule has 1 aliphatic carbocycles. The SMILES string of the molecule is OCC[C@@H]1CN[C@@H]2CCCC[C@@H]12. The van der Waals surface area contributed by atoms with Gasteiger partial charge >= 0.3 is 0 Å². The van der Waals surface area contributed by atoms with E-state index in [4.69, 9.17) is 5.11 Å². The molecule has 2 nitrogen and oxygen atoms in total. The second-order valence-corrected chi connectivity index (χ2v) is 4.24. The monoisotopic (exact) mass is 169 g/mol. The average molecular weight is 169 g/mol. The fourth-order valence-electron chi connectivity index (χ4n) is 2.91. The summed E-state index contributed by atoms with van der Waals surface area (Å²) in [5, 5.41) is 12.5. The number of aliphatic hydroxyl groups excluding tert-OH is 1. The Kier molecular flexibility index (Phi) is 2.66. The summed E-state index contributed by atoms with van der Waals surface area (Å²) in [6.45, 7) is 1.52. The number of aliphatic hydroxyl groups is 1. The molecule has 0 bridgehead atoms. The second-order valence-electron chi connectivity index (χ2n) is 4.24. The third-order valence-electron chi connectivity index (χ3n) is 3.57. The predicted octanol–water partition coefficient (Wildman–Crippen LogP) is 1.15. The quantitative estimate of drug-likeness (QED) is 0.650. The summed E-state index contributed by atoms with van der Waals surface area (Å²) in [7, 11) is 0. The first-order valence-electron chi connectivity index (χ1n) is 5.26. The Morgan fingerprint density at radius 1 is 1.25 bits per heavy atom. The summed E-state index contributed by atoms with van der Waals surface area (Å²) < 4.78 is 0. The zero-order valence-electron chi connectivity index (χ0n) is 7.63. The smallest absolute Gasteiger partial charge is 0.0434 e. The van der Waals surface area contributed by atoms with Gasteiger partial charge in [-0.05, 0) is 37.6 Å². The number of nitrogens with one attached hydrogen (secondary N) is 1. The molecule has 0 aromatic rings. The van der Waals surface area contributed by atoms with Crippen molar-refractivity contribution in [2.75, 3.05) is 13.2 Å². The van der Waals surface area contributed by atoms with Gasteiger partial charge in [0.2, 0.25) is 0 Å². The molecule has 1 saturated heterocycles. The van der Waals surface area contributed by atoms with Crippen molar-refractivity contribution in [2.24, 2.45) is 11.8 Å². The maximum Gasteiger partial charge on any atom is 0.0434 e. The Hall–Kier alpha value is -0.0800. The van der Waals surface area contributed by atoms with Gasteiger partial charge in [-0.15, -0.1) is 0 Å². The van der Waals surface area contributed by atoms with Gasteiger partial charge in [0.15, 0.2) is 0 Å². The Morgan fingerprint density at radius 3 is 2.92 bits per heavy atom. The zero-order chi connectivity index (χ0) is 8.39. The molecule has 0 aromatic carbocycles. The highest BCUT2D eigenvalue weighted by Gasteiger charge is 2.36. The number of hydrogen-bond acceptors (Lipinski definition) is 2. The molecule has 0 unspecified atom stereocenters. The molecule has 2 aliphatic rings. The van der Waals surface area contributed by atoms with Gasteiger partial charge in [-0.2, -0.15) is 0 Å². The minimum absolute atomic E-state index is 0.371. The highest BCUT2D eigenvalue weighted by molar-refractivity contribution is 4.92. The number of rotatable bonds is 2. The molecular formula is C10H19NO. The fourth-order valence-corrected chi connectivity index (χ4v) is 2.91. The van der Waals surface area contributed by atoms with Gasteiger partial charge in [0, 0.05) is 12.6 Å². The number of fused-ring (bicyclic) bond motifs is 1. The topological polar surface area (TPSA) is 32.3 Å². The van der Waals surface area contributed by atoms with Gasteiger partial charge in [-0.1, -0.05) is 12.8 Å². The lowest BCUT2D eigenvalue weighted by Crippen LogP contribution is -2.30.